The van der Waals surface area contributed by atoms with Crippen LogP contribution in [0.5, 0.6) is 0 Å². The molecule has 1 aliphatic heterocycles. The first-order valence-corrected chi connectivity index (χ1v) is 8.24. The van der Waals surface area contributed by atoms with Gasteiger partial charge in [0.2, 0.25) is 0 Å². The molecule has 21 heavy (non-hydrogen) atoms. The lowest BCUT2D eigenvalue weighted by atomic mass is 9.84. The lowest BCUT2D eigenvalue weighted by Crippen LogP contribution is -2.41. The second-order valence-electron chi connectivity index (χ2n) is 6.12. The van der Waals surface area contributed by atoms with Crippen LogP contribution in [-0.2, 0) is 11.3 Å². The van der Waals surface area contributed by atoms with E-state index in [4.69, 9.17) is 23.2 Å². The number of likely N-dealkylation sites (tertiary alicyclic amines) is 1. The van der Waals surface area contributed by atoms with E-state index in [-0.39, 0.29) is 6.04 Å². The Bertz CT molecular complexity index is 549. The molecule has 0 unspecified atom stereocenters. The number of fused-ring (bicyclic) bond motifs is 1. The molecule has 0 aromatic heterocycles. The van der Waals surface area contributed by atoms with E-state index in [0.29, 0.717) is 28.5 Å². The number of rotatable bonds is 3. The maximum atomic E-state index is 11.6. The van der Waals surface area contributed by atoms with Crippen LogP contribution in [0.4, 0.5) is 0 Å². The van der Waals surface area contributed by atoms with Crippen molar-refractivity contribution in [2.24, 2.45) is 5.92 Å². The van der Waals surface area contributed by atoms with Gasteiger partial charge in [0.15, 0.2) is 0 Å². The summed E-state index contributed by atoms with van der Waals surface area (Å²) >= 11 is 12.0. The fourth-order valence-electron chi connectivity index (χ4n) is 3.87. The Morgan fingerprint density at radius 2 is 2.00 bits per heavy atom. The normalized spacial score (nSPS) is 29.3. The fraction of sp³-hybridized carbons (Fsp3) is 0.562. The molecule has 1 saturated carbocycles. The Kier molecular flexibility index (Phi) is 4.43. The van der Waals surface area contributed by atoms with E-state index in [2.05, 4.69) is 4.90 Å². The van der Waals surface area contributed by atoms with Gasteiger partial charge in [-0.2, -0.15) is 0 Å². The van der Waals surface area contributed by atoms with Gasteiger partial charge in [-0.1, -0.05) is 42.1 Å². The number of carboxylic acid groups (broad SMARTS) is 1. The van der Waals surface area contributed by atoms with Crippen molar-refractivity contribution in [3.05, 3.63) is 33.8 Å². The second kappa shape index (κ2) is 6.15. The molecule has 0 amide bonds. The van der Waals surface area contributed by atoms with Gasteiger partial charge in [0, 0.05) is 12.6 Å². The SMILES string of the molecule is O=C(O)[C@@H]1C[C@@H]2CCCC[C@@H]2N1Cc1ccc(Cl)c(Cl)c1. The molecule has 3 nitrogen and oxygen atoms in total. The average Bonchev–Trinajstić information content (AvgIpc) is 2.82. The fourth-order valence-corrected chi connectivity index (χ4v) is 4.19. The lowest BCUT2D eigenvalue weighted by Gasteiger charge is -2.33. The quantitative estimate of drug-likeness (QED) is 0.903. The van der Waals surface area contributed by atoms with Crippen molar-refractivity contribution in [3.8, 4) is 0 Å². The molecule has 2 fully saturated rings. The molecule has 1 heterocycles. The maximum Gasteiger partial charge on any atom is 0.320 e. The highest BCUT2D eigenvalue weighted by Gasteiger charge is 2.44. The predicted octanol–water partition coefficient (Wildman–Crippen LogP) is 4.21. The summed E-state index contributed by atoms with van der Waals surface area (Å²) in [5.41, 5.74) is 1.03. The third-order valence-electron chi connectivity index (χ3n) is 4.86. The van der Waals surface area contributed by atoms with Crippen molar-refractivity contribution in [1.29, 1.82) is 0 Å². The van der Waals surface area contributed by atoms with Gasteiger partial charge in [-0.05, 0) is 42.9 Å². The molecule has 3 rings (SSSR count). The number of carbonyl (C=O) groups is 1. The molecule has 1 aliphatic carbocycles. The third kappa shape index (κ3) is 3.05. The van der Waals surface area contributed by atoms with Crippen molar-refractivity contribution in [1.82, 2.24) is 4.90 Å². The Morgan fingerprint density at radius 3 is 2.71 bits per heavy atom. The first kappa shape index (κ1) is 15.1. The second-order valence-corrected chi connectivity index (χ2v) is 6.94. The van der Waals surface area contributed by atoms with E-state index in [1.54, 1.807) is 6.07 Å². The van der Waals surface area contributed by atoms with Crippen LogP contribution in [0.25, 0.3) is 0 Å². The number of nitrogens with zero attached hydrogens (tertiary/aromatic N) is 1. The van der Waals surface area contributed by atoms with Crippen LogP contribution in [0.3, 0.4) is 0 Å². The minimum atomic E-state index is -0.704. The minimum Gasteiger partial charge on any atom is -0.480 e. The highest BCUT2D eigenvalue weighted by Crippen LogP contribution is 2.40. The third-order valence-corrected chi connectivity index (χ3v) is 5.59. The van der Waals surface area contributed by atoms with Crippen LogP contribution in [0, 0.1) is 5.92 Å². The first-order chi connectivity index (χ1) is 10.1. The molecule has 1 N–H and O–H groups in total. The van der Waals surface area contributed by atoms with Gasteiger partial charge >= 0.3 is 5.97 Å². The molecule has 114 valence electrons. The van der Waals surface area contributed by atoms with Crippen molar-refractivity contribution < 1.29 is 9.90 Å². The smallest absolute Gasteiger partial charge is 0.320 e. The summed E-state index contributed by atoms with van der Waals surface area (Å²) in [5.74, 6) is -0.174. The molecular formula is C16H19Cl2NO2. The van der Waals surface area contributed by atoms with Crippen molar-refractivity contribution >= 4 is 29.2 Å². The lowest BCUT2D eigenvalue weighted by molar-refractivity contribution is -0.142. The molecule has 1 saturated heterocycles. The van der Waals surface area contributed by atoms with Gasteiger partial charge in [0.25, 0.3) is 0 Å². The molecule has 5 heteroatoms. The Labute approximate surface area is 134 Å². The summed E-state index contributed by atoms with van der Waals surface area (Å²) < 4.78 is 0. The highest BCUT2D eigenvalue weighted by molar-refractivity contribution is 6.42. The van der Waals surface area contributed by atoms with E-state index < -0.39 is 5.97 Å². The summed E-state index contributed by atoms with van der Waals surface area (Å²) in [4.78, 5) is 13.7. The van der Waals surface area contributed by atoms with Crippen LogP contribution in [0.15, 0.2) is 18.2 Å². The molecule has 2 aliphatic rings. The van der Waals surface area contributed by atoms with E-state index in [0.717, 1.165) is 24.8 Å². The monoisotopic (exact) mass is 327 g/mol. The van der Waals surface area contributed by atoms with Gasteiger partial charge in [-0.3, -0.25) is 9.69 Å². The summed E-state index contributed by atoms with van der Waals surface area (Å²) in [5, 5.41) is 10.6. The average molecular weight is 328 g/mol. The molecule has 1 aromatic rings. The van der Waals surface area contributed by atoms with E-state index in [1.807, 2.05) is 12.1 Å². The van der Waals surface area contributed by atoms with Crippen molar-refractivity contribution in [2.45, 2.75) is 50.7 Å². The molecule has 0 spiro atoms. The molecule has 0 radical (unpaired) electrons. The number of hydrogen-bond acceptors (Lipinski definition) is 2. The highest BCUT2D eigenvalue weighted by atomic mass is 35.5. The van der Waals surface area contributed by atoms with Crippen molar-refractivity contribution in [2.75, 3.05) is 0 Å². The Balaban J connectivity index is 1.82. The zero-order valence-electron chi connectivity index (χ0n) is 11.8. The van der Waals surface area contributed by atoms with Gasteiger partial charge in [-0.15, -0.1) is 0 Å². The van der Waals surface area contributed by atoms with Gasteiger partial charge in [-0.25, -0.2) is 0 Å². The van der Waals surface area contributed by atoms with Crippen LogP contribution < -0.4 is 0 Å². The minimum absolute atomic E-state index is 0.368. The van der Waals surface area contributed by atoms with Crippen LogP contribution in [0.1, 0.15) is 37.7 Å². The first-order valence-electron chi connectivity index (χ1n) is 7.48. The van der Waals surface area contributed by atoms with Crippen LogP contribution in [0.2, 0.25) is 10.0 Å². The topological polar surface area (TPSA) is 40.5 Å². The standard InChI is InChI=1S/C16H19Cl2NO2/c17-12-6-5-10(7-13(12)18)9-19-14-4-2-1-3-11(14)8-15(19)16(20)21/h5-7,11,14-15H,1-4,8-9H2,(H,20,21)/t11-,14-,15-/m0/s1. The number of halogens is 2. The number of benzene rings is 1. The zero-order chi connectivity index (χ0) is 15.0. The van der Waals surface area contributed by atoms with Gasteiger partial charge < -0.3 is 5.11 Å². The Hall–Kier alpha value is -0.770. The summed E-state index contributed by atoms with van der Waals surface area (Å²) in [7, 11) is 0. The van der Waals surface area contributed by atoms with E-state index in [1.165, 1.54) is 12.8 Å². The van der Waals surface area contributed by atoms with Crippen LogP contribution >= 0.6 is 23.2 Å². The summed E-state index contributed by atoms with van der Waals surface area (Å²) in [6, 6.07) is 5.59. The van der Waals surface area contributed by atoms with Gasteiger partial charge in [0.05, 0.1) is 10.0 Å². The van der Waals surface area contributed by atoms with E-state index in [9.17, 15) is 9.90 Å². The Morgan fingerprint density at radius 1 is 1.24 bits per heavy atom. The predicted molar refractivity (Wildman–Crippen MR) is 83.8 cm³/mol. The molecule has 0 bridgehead atoms. The zero-order valence-corrected chi connectivity index (χ0v) is 13.3. The summed E-state index contributed by atoms with van der Waals surface area (Å²) in [6.45, 7) is 0.634. The van der Waals surface area contributed by atoms with E-state index >= 15 is 0 Å². The molecule has 3 atom stereocenters. The largest absolute Gasteiger partial charge is 0.480 e. The molecule has 1 aromatic carbocycles. The van der Waals surface area contributed by atoms with Crippen molar-refractivity contribution in [3.63, 3.8) is 0 Å². The maximum absolute atomic E-state index is 11.6. The number of hydrogen-bond donors (Lipinski definition) is 1. The number of aliphatic carboxylic acids is 1. The number of carboxylic acids is 1. The molecular weight excluding hydrogens is 309 g/mol. The van der Waals surface area contributed by atoms with Gasteiger partial charge in [0.1, 0.15) is 6.04 Å². The van der Waals surface area contributed by atoms with Crippen LogP contribution in [-0.4, -0.2) is 28.1 Å². The summed E-state index contributed by atoms with van der Waals surface area (Å²) in [6.07, 6.45) is 5.48.